The number of aromatic nitrogens is 3. The summed E-state index contributed by atoms with van der Waals surface area (Å²) in [6, 6.07) is 3.75. The molecule has 2 heterocycles. The highest BCUT2D eigenvalue weighted by atomic mass is 16.5. The zero-order chi connectivity index (χ0) is 13.0. The maximum absolute atomic E-state index is 12.0. The van der Waals surface area contributed by atoms with E-state index in [1.54, 1.807) is 28.6 Å². The van der Waals surface area contributed by atoms with E-state index in [1.807, 2.05) is 25.3 Å². The second kappa shape index (κ2) is 5.53. The molecule has 0 bridgehead atoms. The molecular formula is C13H17N3O2. The molecule has 0 aliphatic carbocycles. The topological polar surface area (TPSA) is 49.0 Å². The van der Waals surface area contributed by atoms with E-state index in [0.29, 0.717) is 12.4 Å². The van der Waals surface area contributed by atoms with Gasteiger partial charge in [-0.15, -0.1) is 0 Å². The van der Waals surface area contributed by atoms with Crippen molar-refractivity contribution < 1.29 is 4.74 Å². The van der Waals surface area contributed by atoms with Crippen LogP contribution in [0, 0.1) is 0 Å². The smallest absolute Gasteiger partial charge is 0.328 e. The van der Waals surface area contributed by atoms with Crippen LogP contribution in [-0.2, 0) is 13.1 Å². The van der Waals surface area contributed by atoms with Crippen molar-refractivity contribution in [2.45, 2.75) is 26.4 Å². The minimum atomic E-state index is 0.00255. The van der Waals surface area contributed by atoms with Crippen molar-refractivity contribution in [1.82, 2.24) is 14.1 Å². The summed E-state index contributed by atoms with van der Waals surface area (Å²) in [5, 5.41) is 0. The lowest BCUT2D eigenvalue weighted by atomic mass is 10.2. The first-order chi connectivity index (χ1) is 8.76. The second-order valence-electron chi connectivity index (χ2n) is 4.07. The molecule has 5 nitrogen and oxygen atoms in total. The predicted molar refractivity (Wildman–Crippen MR) is 68.9 cm³/mol. The number of hydrogen-bond donors (Lipinski definition) is 0. The van der Waals surface area contributed by atoms with Gasteiger partial charge in [-0.3, -0.25) is 9.13 Å². The number of rotatable bonds is 5. The zero-order valence-electron chi connectivity index (χ0n) is 10.7. The Kier molecular flexibility index (Phi) is 3.82. The Balaban J connectivity index is 2.26. The molecule has 0 aromatic carbocycles. The first kappa shape index (κ1) is 12.4. The van der Waals surface area contributed by atoms with Crippen molar-refractivity contribution in [2.75, 3.05) is 7.11 Å². The Labute approximate surface area is 106 Å². The Bertz CT molecular complexity index is 572. The van der Waals surface area contributed by atoms with Gasteiger partial charge in [0.05, 0.1) is 13.7 Å². The largest absolute Gasteiger partial charge is 0.481 e. The summed E-state index contributed by atoms with van der Waals surface area (Å²) in [4.78, 5) is 16.1. The van der Waals surface area contributed by atoms with Crippen LogP contribution in [0.25, 0.3) is 0 Å². The third-order valence-electron chi connectivity index (χ3n) is 2.77. The number of hydrogen-bond acceptors (Lipinski definition) is 3. The molecule has 0 saturated heterocycles. The van der Waals surface area contributed by atoms with Crippen LogP contribution < -0.4 is 10.4 Å². The number of ether oxygens (including phenoxy) is 1. The summed E-state index contributed by atoms with van der Waals surface area (Å²) >= 11 is 0. The Morgan fingerprint density at radius 1 is 1.33 bits per heavy atom. The molecule has 0 N–H and O–H groups in total. The molecule has 0 amide bonds. The maximum atomic E-state index is 12.0. The molecule has 2 aromatic heterocycles. The van der Waals surface area contributed by atoms with Gasteiger partial charge >= 0.3 is 5.69 Å². The fourth-order valence-electron chi connectivity index (χ4n) is 1.90. The summed E-state index contributed by atoms with van der Waals surface area (Å²) < 4.78 is 8.55. The minimum absolute atomic E-state index is 0.00255. The van der Waals surface area contributed by atoms with E-state index < -0.39 is 0 Å². The Morgan fingerprint density at radius 2 is 2.11 bits per heavy atom. The molecule has 2 rings (SSSR count). The summed E-state index contributed by atoms with van der Waals surface area (Å²) in [6.45, 7) is 3.27. The molecule has 0 saturated carbocycles. The van der Waals surface area contributed by atoms with Gasteiger partial charge in [-0.2, -0.15) is 0 Å². The minimum Gasteiger partial charge on any atom is -0.481 e. The van der Waals surface area contributed by atoms with Crippen molar-refractivity contribution in [3.05, 3.63) is 46.8 Å². The van der Waals surface area contributed by atoms with Gasteiger partial charge in [-0.1, -0.05) is 13.0 Å². The van der Waals surface area contributed by atoms with E-state index in [1.165, 1.54) is 0 Å². The van der Waals surface area contributed by atoms with Gasteiger partial charge in [0.25, 0.3) is 0 Å². The molecule has 18 heavy (non-hydrogen) atoms. The highest BCUT2D eigenvalue weighted by Gasteiger charge is 2.07. The normalized spacial score (nSPS) is 10.6. The van der Waals surface area contributed by atoms with E-state index in [-0.39, 0.29) is 5.69 Å². The summed E-state index contributed by atoms with van der Waals surface area (Å²) in [7, 11) is 1.58. The fraction of sp³-hybridized carbons (Fsp3) is 0.385. The third-order valence-corrected chi connectivity index (χ3v) is 2.77. The first-order valence-electron chi connectivity index (χ1n) is 5.99. The van der Waals surface area contributed by atoms with Gasteiger partial charge < -0.3 is 4.74 Å². The molecule has 0 aliphatic rings. The molecule has 5 heteroatoms. The second-order valence-corrected chi connectivity index (χ2v) is 4.07. The molecule has 0 radical (unpaired) electrons. The number of pyridine rings is 1. The van der Waals surface area contributed by atoms with E-state index in [4.69, 9.17) is 4.74 Å². The lowest BCUT2D eigenvalue weighted by molar-refractivity contribution is 0.391. The lowest BCUT2D eigenvalue weighted by Gasteiger charge is -2.06. The molecule has 0 unspecified atom stereocenters. The van der Waals surface area contributed by atoms with Crippen LogP contribution in [0.15, 0.2) is 35.5 Å². The van der Waals surface area contributed by atoms with Crippen molar-refractivity contribution in [2.24, 2.45) is 0 Å². The lowest BCUT2D eigenvalue weighted by Crippen LogP contribution is -2.24. The van der Waals surface area contributed by atoms with Crippen LogP contribution in [0.4, 0.5) is 0 Å². The van der Waals surface area contributed by atoms with Gasteiger partial charge in [-0.25, -0.2) is 9.78 Å². The van der Waals surface area contributed by atoms with Crippen LogP contribution in [-0.4, -0.2) is 21.2 Å². The molecular weight excluding hydrogens is 230 g/mol. The van der Waals surface area contributed by atoms with Gasteiger partial charge in [0.15, 0.2) is 0 Å². The Morgan fingerprint density at radius 3 is 2.83 bits per heavy atom. The summed E-state index contributed by atoms with van der Waals surface area (Å²) in [5.41, 5.74) is 0.902. The molecule has 0 spiro atoms. The number of nitrogens with zero attached hydrogens (tertiary/aromatic N) is 3. The quantitative estimate of drug-likeness (QED) is 0.804. The van der Waals surface area contributed by atoms with E-state index in [0.717, 1.165) is 18.5 Å². The number of imidazole rings is 1. The van der Waals surface area contributed by atoms with Gasteiger partial charge in [0.2, 0.25) is 5.88 Å². The molecule has 96 valence electrons. The van der Waals surface area contributed by atoms with Crippen LogP contribution >= 0.6 is 0 Å². The average Bonchev–Trinajstić information content (AvgIpc) is 2.73. The molecule has 0 atom stereocenters. The Hall–Kier alpha value is -2.04. The molecule has 2 aromatic rings. The van der Waals surface area contributed by atoms with Crippen LogP contribution in [0.2, 0.25) is 0 Å². The monoisotopic (exact) mass is 247 g/mol. The van der Waals surface area contributed by atoms with Crippen LogP contribution in [0.5, 0.6) is 5.88 Å². The van der Waals surface area contributed by atoms with Crippen molar-refractivity contribution >= 4 is 0 Å². The van der Waals surface area contributed by atoms with Gasteiger partial charge in [-0.05, 0) is 12.5 Å². The van der Waals surface area contributed by atoms with Crippen molar-refractivity contribution in [3.63, 3.8) is 0 Å². The number of methoxy groups -OCH3 is 1. The highest BCUT2D eigenvalue weighted by Crippen LogP contribution is 2.14. The van der Waals surface area contributed by atoms with Crippen LogP contribution in [0.1, 0.15) is 18.9 Å². The maximum Gasteiger partial charge on any atom is 0.328 e. The van der Waals surface area contributed by atoms with E-state index in [2.05, 4.69) is 4.98 Å². The van der Waals surface area contributed by atoms with Crippen molar-refractivity contribution in [3.8, 4) is 5.88 Å². The zero-order valence-corrected chi connectivity index (χ0v) is 10.7. The fourth-order valence-corrected chi connectivity index (χ4v) is 1.90. The van der Waals surface area contributed by atoms with E-state index >= 15 is 0 Å². The van der Waals surface area contributed by atoms with Gasteiger partial charge in [0, 0.05) is 30.7 Å². The first-order valence-corrected chi connectivity index (χ1v) is 5.99. The van der Waals surface area contributed by atoms with Gasteiger partial charge in [0.1, 0.15) is 0 Å². The highest BCUT2D eigenvalue weighted by molar-refractivity contribution is 5.25. The number of aryl methyl sites for hydroxylation is 1. The molecule has 0 fully saturated rings. The van der Waals surface area contributed by atoms with Crippen LogP contribution in [0.3, 0.4) is 0 Å². The predicted octanol–water partition coefficient (Wildman–Crippen LogP) is 1.51. The van der Waals surface area contributed by atoms with E-state index in [9.17, 15) is 4.79 Å². The SMILES string of the molecule is CCCn1ccn(Cc2cccnc2OC)c1=O. The third kappa shape index (κ3) is 2.45. The van der Waals surface area contributed by atoms with Crippen molar-refractivity contribution in [1.29, 1.82) is 0 Å². The summed E-state index contributed by atoms with van der Waals surface area (Å²) in [5.74, 6) is 0.563. The standard InChI is InChI=1S/C13H17N3O2/c1-3-7-15-8-9-16(13(15)17)10-11-5-4-6-14-12(11)18-2/h4-6,8-9H,3,7,10H2,1-2H3. The summed E-state index contributed by atoms with van der Waals surface area (Å²) in [6.07, 6.45) is 6.23. The average molecular weight is 247 g/mol. The molecule has 0 aliphatic heterocycles.